The van der Waals surface area contributed by atoms with Gasteiger partial charge in [0.15, 0.2) is 0 Å². The fourth-order valence-electron chi connectivity index (χ4n) is 5.14. The lowest BCUT2D eigenvalue weighted by Gasteiger charge is -2.43. The number of unbranched alkanes of at least 4 members (excludes halogenated alkanes) is 2. The average Bonchev–Trinajstić information content (AvgIpc) is 2.89. The monoisotopic (exact) mass is 523 g/mol. The van der Waals surface area contributed by atoms with Crippen molar-refractivity contribution in [3.63, 3.8) is 0 Å². The van der Waals surface area contributed by atoms with Crippen LogP contribution in [-0.4, -0.2) is 19.9 Å². The summed E-state index contributed by atoms with van der Waals surface area (Å²) in [7, 11) is -2.57. The summed E-state index contributed by atoms with van der Waals surface area (Å²) in [6, 6.07) is 23.8. The molecule has 1 unspecified atom stereocenters. The number of aromatic nitrogens is 1. The smallest absolute Gasteiger partial charge is 0.261 e. The Labute approximate surface area is 232 Å². The Hall–Kier alpha value is -2.93. The largest absolute Gasteiger partial charge is 0.406 e. The van der Waals surface area contributed by atoms with Crippen molar-refractivity contribution in [2.24, 2.45) is 5.92 Å². The average molecular weight is 524 g/mol. The molecule has 0 saturated heterocycles. The van der Waals surface area contributed by atoms with Gasteiger partial charge in [-0.25, -0.2) is 4.98 Å². The van der Waals surface area contributed by atoms with Crippen molar-refractivity contribution in [3.05, 3.63) is 95.3 Å². The summed E-state index contributed by atoms with van der Waals surface area (Å²) in [5.41, 5.74) is 5.50. The van der Waals surface area contributed by atoms with E-state index in [2.05, 4.69) is 140 Å². The molecule has 0 radical (unpaired) electrons. The van der Waals surface area contributed by atoms with E-state index in [-0.39, 0.29) is 11.0 Å². The van der Waals surface area contributed by atoms with Gasteiger partial charge >= 0.3 is 0 Å². The van der Waals surface area contributed by atoms with Crippen LogP contribution in [0.2, 0.25) is 5.04 Å². The van der Waals surface area contributed by atoms with E-state index < -0.39 is 8.32 Å². The van der Waals surface area contributed by atoms with Crippen LogP contribution < -0.4 is 10.4 Å². The van der Waals surface area contributed by atoms with Gasteiger partial charge in [0, 0.05) is 12.5 Å². The lowest BCUT2D eigenvalue weighted by atomic mass is 10.0. The molecule has 3 heteroatoms. The van der Waals surface area contributed by atoms with Crippen molar-refractivity contribution in [2.75, 3.05) is 6.61 Å². The van der Waals surface area contributed by atoms with Crippen molar-refractivity contribution in [3.8, 4) is 11.8 Å². The van der Waals surface area contributed by atoms with E-state index >= 15 is 0 Å². The standard InChI is InChI=1S/C35H45NOSi/c1-9-10-13-18-28(3)34-30(5)25-29(4)33(36-34)24-23-27(2)26-37-38(35(6,7)8,31-19-14-11-15-20-31)32-21-16-12-17-22-32/h11-12,14-22,25,27H,9-10,13,26H2,1-8H3/b28-18+. The van der Waals surface area contributed by atoms with Crippen LogP contribution in [-0.2, 0) is 4.43 Å². The van der Waals surface area contributed by atoms with Gasteiger partial charge in [0.2, 0.25) is 0 Å². The van der Waals surface area contributed by atoms with Crippen molar-refractivity contribution < 1.29 is 4.43 Å². The zero-order valence-electron chi connectivity index (χ0n) is 24.7. The van der Waals surface area contributed by atoms with Gasteiger partial charge in [-0.2, -0.15) is 0 Å². The Morgan fingerprint density at radius 2 is 1.55 bits per heavy atom. The summed E-state index contributed by atoms with van der Waals surface area (Å²) in [5.74, 6) is 6.95. The highest BCUT2D eigenvalue weighted by molar-refractivity contribution is 6.99. The minimum Gasteiger partial charge on any atom is -0.406 e. The molecule has 1 heterocycles. The molecule has 200 valence electrons. The van der Waals surface area contributed by atoms with Crippen LogP contribution in [0.5, 0.6) is 0 Å². The van der Waals surface area contributed by atoms with Gasteiger partial charge < -0.3 is 4.43 Å². The molecule has 0 aliphatic carbocycles. The van der Waals surface area contributed by atoms with Gasteiger partial charge in [-0.1, -0.05) is 119 Å². The third kappa shape index (κ3) is 6.93. The summed E-state index contributed by atoms with van der Waals surface area (Å²) >= 11 is 0. The molecule has 0 bridgehead atoms. The maximum Gasteiger partial charge on any atom is 0.261 e. The van der Waals surface area contributed by atoms with E-state index in [1.807, 2.05) is 0 Å². The lowest BCUT2D eigenvalue weighted by Crippen LogP contribution is -2.66. The molecule has 2 aromatic carbocycles. The van der Waals surface area contributed by atoms with E-state index in [4.69, 9.17) is 9.41 Å². The summed E-state index contributed by atoms with van der Waals surface area (Å²) in [5, 5.41) is 2.55. The second-order valence-electron chi connectivity index (χ2n) is 11.5. The number of allylic oxidation sites excluding steroid dienone is 2. The van der Waals surface area contributed by atoms with Gasteiger partial charge in [0.1, 0.15) is 5.69 Å². The fraction of sp³-hybridized carbons (Fsp3) is 0.400. The summed E-state index contributed by atoms with van der Waals surface area (Å²) in [4.78, 5) is 4.99. The number of hydrogen-bond acceptors (Lipinski definition) is 2. The van der Waals surface area contributed by atoms with Crippen LogP contribution in [0, 0.1) is 31.6 Å². The quantitative estimate of drug-likeness (QED) is 0.162. The molecule has 1 atom stereocenters. The molecular formula is C35H45NOSi. The molecule has 3 aromatic rings. The predicted molar refractivity (Wildman–Crippen MR) is 167 cm³/mol. The van der Waals surface area contributed by atoms with Crippen LogP contribution in [0.15, 0.2) is 72.8 Å². The Kier molecular flexibility index (Phi) is 10.3. The summed E-state index contributed by atoms with van der Waals surface area (Å²) in [6.07, 6.45) is 5.81. The maximum atomic E-state index is 7.09. The molecule has 1 aromatic heterocycles. The first-order chi connectivity index (χ1) is 18.1. The van der Waals surface area contributed by atoms with Crippen LogP contribution in [0.4, 0.5) is 0 Å². The Morgan fingerprint density at radius 3 is 2.08 bits per heavy atom. The van der Waals surface area contributed by atoms with E-state index in [0.717, 1.165) is 23.4 Å². The number of nitrogens with zero attached hydrogens (tertiary/aromatic N) is 1. The molecule has 0 saturated carbocycles. The second kappa shape index (κ2) is 13.2. The van der Waals surface area contributed by atoms with E-state index in [1.54, 1.807) is 0 Å². The molecule has 0 aliphatic rings. The number of rotatable bonds is 9. The highest BCUT2D eigenvalue weighted by Crippen LogP contribution is 2.37. The first-order valence-corrected chi connectivity index (χ1v) is 15.9. The number of benzene rings is 2. The van der Waals surface area contributed by atoms with Gasteiger partial charge in [0.25, 0.3) is 8.32 Å². The van der Waals surface area contributed by atoms with E-state index in [1.165, 1.54) is 34.4 Å². The third-order valence-electron chi connectivity index (χ3n) is 7.19. The molecular weight excluding hydrogens is 478 g/mol. The number of aryl methyl sites for hydroxylation is 2. The van der Waals surface area contributed by atoms with Crippen LogP contribution in [0.25, 0.3) is 5.57 Å². The lowest BCUT2D eigenvalue weighted by molar-refractivity contribution is 0.271. The van der Waals surface area contributed by atoms with Crippen molar-refractivity contribution in [1.82, 2.24) is 4.98 Å². The minimum absolute atomic E-state index is 0.0471. The van der Waals surface area contributed by atoms with Gasteiger partial charge in [-0.15, -0.1) is 0 Å². The highest BCUT2D eigenvalue weighted by atomic mass is 28.4. The van der Waals surface area contributed by atoms with Crippen LogP contribution >= 0.6 is 0 Å². The number of pyridine rings is 1. The zero-order chi connectivity index (χ0) is 27.8. The van der Waals surface area contributed by atoms with Crippen molar-refractivity contribution >= 4 is 24.3 Å². The minimum atomic E-state index is -2.57. The predicted octanol–water partition coefficient (Wildman–Crippen LogP) is 7.86. The van der Waals surface area contributed by atoms with Crippen molar-refractivity contribution in [1.29, 1.82) is 0 Å². The van der Waals surface area contributed by atoms with Gasteiger partial charge in [-0.3, -0.25) is 0 Å². The second-order valence-corrected chi connectivity index (χ2v) is 15.8. The first-order valence-electron chi connectivity index (χ1n) is 14.0. The Balaban J connectivity index is 1.91. The van der Waals surface area contributed by atoms with Gasteiger partial charge in [-0.05, 0) is 72.1 Å². The van der Waals surface area contributed by atoms with E-state index in [0.29, 0.717) is 6.61 Å². The maximum absolute atomic E-state index is 7.09. The highest BCUT2D eigenvalue weighted by Gasteiger charge is 2.50. The number of hydrogen-bond donors (Lipinski definition) is 0. The molecule has 2 nitrogen and oxygen atoms in total. The van der Waals surface area contributed by atoms with Crippen LogP contribution in [0.1, 0.15) is 83.3 Å². The third-order valence-corrected chi connectivity index (χ3v) is 12.2. The molecule has 0 aliphatic heterocycles. The summed E-state index contributed by atoms with van der Waals surface area (Å²) < 4.78 is 7.09. The molecule has 0 N–H and O–H groups in total. The van der Waals surface area contributed by atoms with Crippen LogP contribution in [0.3, 0.4) is 0 Å². The SMILES string of the molecule is CCCC/C=C(\C)c1nc(C#CC(C)CO[Si](c2ccccc2)(c2ccccc2)C(C)(C)C)c(C)cc1C. The molecule has 3 rings (SSSR count). The Bertz CT molecular complexity index is 1240. The zero-order valence-corrected chi connectivity index (χ0v) is 25.7. The molecule has 0 fully saturated rings. The normalized spacial score (nSPS) is 13.1. The van der Waals surface area contributed by atoms with E-state index in [9.17, 15) is 0 Å². The van der Waals surface area contributed by atoms with Crippen molar-refractivity contribution in [2.45, 2.75) is 79.7 Å². The van der Waals surface area contributed by atoms with Gasteiger partial charge in [0.05, 0.1) is 5.69 Å². The topological polar surface area (TPSA) is 22.1 Å². The molecule has 38 heavy (non-hydrogen) atoms. The molecule has 0 spiro atoms. The summed E-state index contributed by atoms with van der Waals surface area (Å²) in [6.45, 7) is 18.3. The first kappa shape index (κ1) is 29.6. The Morgan fingerprint density at radius 1 is 0.974 bits per heavy atom. The molecule has 0 amide bonds. The fourth-order valence-corrected chi connectivity index (χ4v) is 9.79.